The summed E-state index contributed by atoms with van der Waals surface area (Å²) in [6, 6.07) is 16.6. The molecule has 2 unspecified atom stereocenters. The predicted molar refractivity (Wildman–Crippen MR) is 123 cm³/mol. The van der Waals surface area contributed by atoms with E-state index in [1.54, 1.807) is 35.1 Å². The van der Waals surface area contributed by atoms with Crippen molar-refractivity contribution in [3.63, 3.8) is 0 Å². The van der Waals surface area contributed by atoms with Crippen molar-refractivity contribution in [3.05, 3.63) is 72.6 Å². The standard InChI is InChI=1S/C25H28N4O3/c1-18-5-3-6-19(2)29(18)24(30)17-32-23-13-7-20(8-14-23)25(31)27-21-9-11-22(12-10-21)28-16-4-15-26-28/h4,7-16,18-19H,3,5-6,17H2,1-2H3,(H,27,31). The lowest BCUT2D eigenvalue weighted by Crippen LogP contribution is -2.49. The van der Waals surface area contributed by atoms with Crippen LogP contribution < -0.4 is 10.1 Å². The zero-order valence-electron chi connectivity index (χ0n) is 18.4. The van der Waals surface area contributed by atoms with Crippen LogP contribution in [-0.4, -0.2) is 45.2 Å². The largest absolute Gasteiger partial charge is 0.484 e. The number of likely N-dealkylation sites (tertiary alicyclic amines) is 1. The lowest BCUT2D eigenvalue weighted by molar-refractivity contribution is -0.139. The number of nitrogens with zero attached hydrogens (tertiary/aromatic N) is 3. The average Bonchev–Trinajstić information content (AvgIpc) is 3.33. The number of anilines is 1. The van der Waals surface area contributed by atoms with E-state index in [4.69, 9.17) is 4.74 Å². The molecule has 32 heavy (non-hydrogen) atoms. The van der Waals surface area contributed by atoms with Gasteiger partial charge in [-0.2, -0.15) is 5.10 Å². The molecule has 1 aromatic heterocycles. The zero-order chi connectivity index (χ0) is 22.5. The molecule has 7 heteroatoms. The Morgan fingerprint density at radius 1 is 1.03 bits per heavy atom. The third kappa shape index (κ3) is 4.99. The molecule has 166 valence electrons. The van der Waals surface area contributed by atoms with Crippen LogP contribution in [0, 0.1) is 0 Å². The maximum atomic E-state index is 12.6. The first-order valence-electron chi connectivity index (χ1n) is 11.0. The molecule has 0 radical (unpaired) electrons. The predicted octanol–water partition coefficient (Wildman–Crippen LogP) is 4.29. The summed E-state index contributed by atoms with van der Waals surface area (Å²) in [5.41, 5.74) is 2.12. The van der Waals surface area contributed by atoms with Crippen LogP contribution in [0.1, 0.15) is 43.5 Å². The van der Waals surface area contributed by atoms with Crippen molar-refractivity contribution in [2.75, 3.05) is 11.9 Å². The second kappa shape index (κ2) is 9.68. The van der Waals surface area contributed by atoms with Crippen molar-refractivity contribution in [3.8, 4) is 11.4 Å². The monoisotopic (exact) mass is 432 g/mol. The van der Waals surface area contributed by atoms with E-state index in [1.165, 1.54) is 0 Å². The molecule has 4 rings (SSSR count). The Morgan fingerprint density at radius 3 is 2.34 bits per heavy atom. The number of aromatic nitrogens is 2. The van der Waals surface area contributed by atoms with Gasteiger partial charge in [0.15, 0.2) is 6.61 Å². The van der Waals surface area contributed by atoms with E-state index in [9.17, 15) is 9.59 Å². The van der Waals surface area contributed by atoms with Gasteiger partial charge in [0.1, 0.15) is 5.75 Å². The lowest BCUT2D eigenvalue weighted by Gasteiger charge is -2.38. The SMILES string of the molecule is CC1CCCC(C)N1C(=O)COc1ccc(C(=O)Nc2ccc(-n3cccn3)cc2)cc1. The van der Waals surface area contributed by atoms with E-state index < -0.39 is 0 Å². The normalized spacial score (nSPS) is 18.2. The summed E-state index contributed by atoms with van der Waals surface area (Å²) in [4.78, 5) is 27.1. The number of amides is 2. The van der Waals surface area contributed by atoms with Gasteiger partial charge in [-0.1, -0.05) is 0 Å². The fraction of sp³-hybridized carbons (Fsp3) is 0.320. The first kappa shape index (κ1) is 21.6. The number of carbonyl (C=O) groups is 2. The van der Waals surface area contributed by atoms with Gasteiger partial charge in [-0.15, -0.1) is 0 Å². The molecule has 0 spiro atoms. The quantitative estimate of drug-likeness (QED) is 0.630. The first-order chi connectivity index (χ1) is 15.5. The third-order valence-corrected chi connectivity index (χ3v) is 5.85. The Hall–Kier alpha value is -3.61. The van der Waals surface area contributed by atoms with E-state index in [2.05, 4.69) is 24.3 Å². The fourth-order valence-corrected chi connectivity index (χ4v) is 4.16. The number of hydrogen-bond donors (Lipinski definition) is 1. The maximum absolute atomic E-state index is 12.6. The van der Waals surface area contributed by atoms with Crippen LogP contribution in [0.15, 0.2) is 67.0 Å². The number of nitrogens with one attached hydrogen (secondary N) is 1. The van der Waals surface area contributed by atoms with E-state index in [0.717, 1.165) is 24.9 Å². The molecule has 3 aromatic rings. The topological polar surface area (TPSA) is 76.5 Å². The number of rotatable bonds is 6. The molecule has 1 saturated heterocycles. The second-order valence-electron chi connectivity index (χ2n) is 8.19. The minimum Gasteiger partial charge on any atom is -0.484 e. The van der Waals surface area contributed by atoms with Crippen LogP contribution in [0.3, 0.4) is 0 Å². The first-order valence-corrected chi connectivity index (χ1v) is 11.0. The van der Waals surface area contributed by atoms with Crippen LogP contribution in [0.4, 0.5) is 5.69 Å². The average molecular weight is 433 g/mol. The smallest absolute Gasteiger partial charge is 0.260 e. The number of piperidine rings is 1. The maximum Gasteiger partial charge on any atom is 0.260 e. The van der Waals surface area contributed by atoms with Crippen LogP contribution in [-0.2, 0) is 4.79 Å². The highest BCUT2D eigenvalue weighted by Crippen LogP contribution is 2.23. The highest BCUT2D eigenvalue weighted by atomic mass is 16.5. The molecule has 2 aromatic carbocycles. The van der Waals surface area contributed by atoms with Gasteiger partial charge in [0.2, 0.25) is 0 Å². The Balaban J connectivity index is 1.31. The number of ether oxygens (including phenoxy) is 1. The molecule has 0 bridgehead atoms. The lowest BCUT2D eigenvalue weighted by atomic mass is 9.97. The summed E-state index contributed by atoms with van der Waals surface area (Å²) >= 11 is 0. The molecular weight excluding hydrogens is 404 g/mol. The van der Waals surface area contributed by atoms with Gasteiger partial charge in [-0.25, -0.2) is 4.68 Å². The van der Waals surface area contributed by atoms with Gasteiger partial charge in [-0.05, 0) is 87.7 Å². The highest BCUT2D eigenvalue weighted by molar-refractivity contribution is 6.04. The minimum absolute atomic E-state index is 0.00280. The molecule has 0 saturated carbocycles. The van der Waals surface area contributed by atoms with Crippen molar-refractivity contribution in [2.24, 2.45) is 0 Å². The molecule has 1 fully saturated rings. The molecule has 2 heterocycles. The number of benzene rings is 2. The molecule has 2 amide bonds. The van der Waals surface area contributed by atoms with Gasteiger partial charge in [0.05, 0.1) is 5.69 Å². The summed E-state index contributed by atoms with van der Waals surface area (Å²) in [6.07, 6.45) is 6.80. The van der Waals surface area contributed by atoms with Crippen LogP contribution >= 0.6 is 0 Å². The van der Waals surface area contributed by atoms with Gasteiger partial charge in [-0.3, -0.25) is 9.59 Å². The molecule has 2 atom stereocenters. The van der Waals surface area contributed by atoms with Crippen LogP contribution in [0.25, 0.3) is 5.69 Å². The van der Waals surface area contributed by atoms with Crippen molar-refractivity contribution in [1.82, 2.24) is 14.7 Å². The van der Waals surface area contributed by atoms with Crippen LogP contribution in [0.2, 0.25) is 0 Å². The van der Waals surface area contributed by atoms with Gasteiger partial charge in [0, 0.05) is 35.7 Å². The minimum atomic E-state index is -0.213. The molecule has 7 nitrogen and oxygen atoms in total. The van der Waals surface area contributed by atoms with Crippen molar-refractivity contribution < 1.29 is 14.3 Å². The van der Waals surface area contributed by atoms with E-state index in [1.807, 2.05) is 41.4 Å². The summed E-state index contributed by atoms with van der Waals surface area (Å²) in [5.74, 6) is 0.358. The van der Waals surface area contributed by atoms with Gasteiger partial charge < -0.3 is 15.0 Å². The van der Waals surface area contributed by atoms with Gasteiger partial charge in [0.25, 0.3) is 11.8 Å². The molecule has 1 N–H and O–H groups in total. The molecule has 1 aliphatic heterocycles. The Morgan fingerprint density at radius 2 is 1.72 bits per heavy atom. The Labute approximate surface area is 188 Å². The summed E-state index contributed by atoms with van der Waals surface area (Å²) < 4.78 is 7.44. The van der Waals surface area contributed by atoms with Crippen molar-refractivity contribution >= 4 is 17.5 Å². The third-order valence-electron chi connectivity index (χ3n) is 5.85. The fourth-order valence-electron chi connectivity index (χ4n) is 4.16. The summed E-state index contributed by atoms with van der Waals surface area (Å²) in [6.45, 7) is 4.18. The molecular formula is C25H28N4O3. The molecule has 1 aliphatic rings. The Bertz CT molecular complexity index is 1040. The summed E-state index contributed by atoms with van der Waals surface area (Å²) in [7, 11) is 0. The van der Waals surface area contributed by atoms with E-state index >= 15 is 0 Å². The van der Waals surface area contributed by atoms with Gasteiger partial charge >= 0.3 is 0 Å². The second-order valence-corrected chi connectivity index (χ2v) is 8.19. The highest BCUT2D eigenvalue weighted by Gasteiger charge is 2.28. The Kier molecular flexibility index (Phi) is 6.54. The number of carbonyl (C=O) groups excluding carboxylic acids is 2. The van der Waals surface area contributed by atoms with Crippen molar-refractivity contribution in [2.45, 2.75) is 45.2 Å². The van der Waals surface area contributed by atoms with E-state index in [-0.39, 0.29) is 30.5 Å². The number of hydrogen-bond acceptors (Lipinski definition) is 4. The molecule has 0 aliphatic carbocycles. The van der Waals surface area contributed by atoms with Crippen LogP contribution in [0.5, 0.6) is 5.75 Å². The zero-order valence-corrected chi connectivity index (χ0v) is 18.4. The van der Waals surface area contributed by atoms with Crippen molar-refractivity contribution in [1.29, 1.82) is 0 Å². The van der Waals surface area contributed by atoms with E-state index in [0.29, 0.717) is 17.0 Å². The summed E-state index contributed by atoms with van der Waals surface area (Å²) in [5, 5.41) is 7.07.